The van der Waals surface area contributed by atoms with E-state index in [1.807, 2.05) is 11.9 Å². The number of likely N-dealkylation sites (tertiary alicyclic amines) is 1. The van der Waals surface area contributed by atoms with Gasteiger partial charge in [-0.1, -0.05) is 0 Å². The highest BCUT2D eigenvalue weighted by Crippen LogP contribution is 2.39. The summed E-state index contributed by atoms with van der Waals surface area (Å²) in [5.41, 5.74) is -0.620. The molecule has 5 rings (SSSR count). The second-order valence-corrected chi connectivity index (χ2v) is 12.2. The van der Waals surface area contributed by atoms with E-state index in [4.69, 9.17) is 0 Å². The van der Waals surface area contributed by atoms with Crippen molar-refractivity contribution in [2.24, 2.45) is 0 Å². The molecule has 3 fully saturated rings. The van der Waals surface area contributed by atoms with Crippen LogP contribution in [0.2, 0.25) is 0 Å². The third-order valence-corrected chi connectivity index (χ3v) is 9.68. The molecule has 0 unspecified atom stereocenters. The number of anilines is 1. The second kappa shape index (κ2) is 8.30. The molecule has 0 spiro atoms. The molecule has 3 aliphatic rings. The number of nitrogens with zero attached hydrogens (tertiary/aromatic N) is 5. The van der Waals surface area contributed by atoms with Crippen LogP contribution in [-0.2, 0) is 10.0 Å². The molecular weight excluding hydrogens is 444 g/mol. The first-order chi connectivity index (χ1) is 15.6. The van der Waals surface area contributed by atoms with Crippen molar-refractivity contribution in [2.45, 2.75) is 62.0 Å². The van der Waals surface area contributed by atoms with Gasteiger partial charge < -0.3 is 15.3 Å². The molecule has 0 bridgehead atoms. The number of fused-ring (bicyclic) bond motifs is 1. The van der Waals surface area contributed by atoms with Gasteiger partial charge in [0.25, 0.3) is 5.56 Å². The fraction of sp³-hybridized carbons (Fsp3) is 0.682. The van der Waals surface area contributed by atoms with Crippen LogP contribution in [0.4, 0.5) is 5.95 Å². The van der Waals surface area contributed by atoms with Crippen LogP contribution in [0.5, 0.6) is 0 Å². The average Bonchev–Trinajstić information content (AvgIpc) is 3.10. The van der Waals surface area contributed by atoms with Crippen molar-refractivity contribution in [3.05, 3.63) is 28.7 Å². The topological polar surface area (TPSA) is 121 Å². The molecule has 2 aliphatic heterocycles. The van der Waals surface area contributed by atoms with Gasteiger partial charge in [-0.3, -0.25) is 9.36 Å². The molecule has 2 saturated heterocycles. The summed E-state index contributed by atoms with van der Waals surface area (Å²) in [6, 6.07) is 2.94. The summed E-state index contributed by atoms with van der Waals surface area (Å²) in [6.45, 7) is 3.93. The monoisotopic (exact) mass is 476 g/mol. The molecule has 0 amide bonds. The number of rotatable bonds is 5. The lowest BCUT2D eigenvalue weighted by Gasteiger charge is -2.40. The number of hydrogen-bond acceptors (Lipinski definition) is 8. The minimum Gasteiger partial charge on any atom is -0.388 e. The predicted molar refractivity (Wildman–Crippen MR) is 126 cm³/mol. The first-order valence-corrected chi connectivity index (χ1v) is 13.2. The van der Waals surface area contributed by atoms with Crippen molar-refractivity contribution < 1.29 is 13.5 Å². The standard InChI is InChI=1S/C22H32N6O4S/c1-22(30)9-3-4-18(22)28-19(29)6-5-15-12-23-21(25-20(15)28)24-16-7-10-27(11-8-16)33(31,32)17-13-26(2)14-17/h5-6,12,16-18,30H,3-4,7-11,13-14H2,1-2H3,(H,23,24,25)/t18-,22-/m1/s1. The molecular formula is C22H32N6O4S. The molecule has 10 nitrogen and oxygen atoms in total. The van der Waals surface area contributed by atoms with Crippen LogP contribution in [0.3, 0.4) is 0 Å². The van der Waals surface area contributed by atoms with Gasteiger partial charge in [0.15, 0.2) is 0 Å². The number of hydrogen-bond donors (Lipinski definition) is 2. The van der Waals surface area contributed by atoms with Crippen LogP contribution in [0.1, 0.15) is 45.1 Å². The Balaban J connectivity index is 1.32. The average molecular weight is 477 g/mol. The number of piperidine rings is 1. The van der Waals surface area contributed by atoms with E-state index >= 15 is 0 Å². The number of nitrogens with one attached hydrogen (secondary N) is 1. The molecule has 2 aromatic heterocycles. The molecule has 1 saturated carbocycles. The van der Waals surface area contributed by atoms with E-state index in [1.54, 1.807) is 28.1 Å². The van der Waals surface area contributed by atoms with Crippen molar-refractivity contribution in [3.8, 4) is 0 Å². The third kappa shape index (κ3) is 4.16. The van der Waals surface area contributed by atoms with Crippen molar-refractivity contribution in [1.29, 1.82) is 0 Å². The van der Waals surface area contributed by atoms with Crippen LogP contribution < -0.4 is 10.9 Å². The van der Waals surface area contributed by atoms with Crippen LogP contribution in [0, 0.1) is 0 Å². The molecule has 0 radical (unpaired) electrons. The lowest BCUT2D eigenvalue weighted by atomic mass is 10.00. The van der Waals surface area contributed by atoms with E-state index in [-0.39, 0.29) is 22.9 Å². The Labute approximate surface area is 193 Å². The molecule has 11 heteroatoms. The Hall–Kier alpha value is -2.08. The summed E-state index contributed by atoms with van der Waals surface area (Å²) < 4.78 is 28.8. The van der Waals surface area contributed by atoms with Crippen molar-refractivity contribution in [3.63, 3.8) is 0 Å². The highest BCUT2D eigenvalue weighted by molar-refractivity contribution is 7.89. The van der Waals surface area contributed by atoms with Gasteiger partial charge in [-0.25, -0.2) is 17.7 Å². The quantitative estimate of drug-likeness (QED) is 0.650. The van der Waals surface area contributed by atoms with Crippen molar-refractivity contribution in [1.82, 2.24) is 23.7 Å². The minimum absolute atomic E-state index is 0.0523. The van der Waals surface area contributed by atoms with E-state index < -0.39 is 15.6 Å². The zero-order valence-corrected chi connectivity index (χ0v) is 20.0. The van der Waals surface area contributed by atoms with Crippen LogP contribution in [-0.4, -0.2) is 87.4 Å². The second-order valence-electron chi connectivity index (χ2n) is 9.99. The first-order valence-electron chi connectivity index (χ1n) is 11.7. The molecule has 0 aromatic carbocycles. The first kappa shape index (κ1) is 22.7. The maximum absolute atomic E-state index is 12.8. The van der Waals surface area contributed by atoms with Crippen LogP contribution >= 0.6 is 0 Å². The van der Waals surface area contributed by atoms with E-state index in [9.17, 15) is 18.3 Å². The molecule has 2 N–H and O–H groups in total. The van der Waals surface area contributed by atoms with Gasteiger partial charge in [-0.15, -0.1) is 0 Å². The Bertz CT molecular complexity index is 1200. The van der Waals surface area contributed by atoms with Gasteiger partial charge in [0.2, 0.25) is 16.0 Å². The summed E-state index contributed by atoms with van der Waals surface area (Å²) >= 11 is 0. The Morgan fingerprint density at radius 3 is 2.55 bits per heavy atom. The maximum atomic E-state index is 12.8. The summed E-state index contributed by atoms with van der Waals surface area (Å²) in [6.07, 6.45) is 5.26. The van der Waals surface area contributed by atoms with E-state index in [1.165, 1.54) is 6.07 Å². The number of aromatic nitrogens is 3. The van der Waals surface area contributed by atoms with Crippen molar-refractivity contribution in [2.75, 3.05) is 38.5 Å². The number of pyridine rings is 1. The van der Waals surface area contributed by atoms with E-state index in [2.05, 4.69) is 15.3 Å². The molecule has 33 heavy (non-hydrogen) atoms. The van der Waals surface area contributed by atoms with Gasteiger partial charge in [-0.05, 0) is 52.1 Å². The predicted octanol–water partition coefficient (Wildman–Crippen LogP) is 0.788. The SMILES string of the molecule is CN1CC(S(=O)(=O)N2CCC(Nc3ncc4ccc(=O)n([C@@H]5CCC[C@@]5(C)O)c4n3)CC2)C1. The molecule has 4 heterocycles. The van der Waals surface area contributed by atoms with Gasteiger partial charge in [0, 0.05) is 49.9 Å². The molecule has 180 valence electrons. The summed E-state index contributed by atoms with van der Waals surface area (Å²) in [5.74, 6) is 0.418. The number of sulfonamides is 1. The van der Waals surface area contributed by atoms with Gasteiger partial charge in [-0.2, -0.15) is 4.98 Å². The Kier molecular flexibility index (Phi) is 5.71. The number of aliphatic hydroxyl groups is 1. The van der Waals surface area contributed by atoms with Gasteiger partial charge in [0.05, 0.1) is 11.6 Å². The largest absolute Gasteiger partial charge is 0.388 e. The van der Waals surface area contributed by atoms with Crippen LogP contribution in [0.15, 0.2) is 23.1 Å². The molecule has 2 aromatic rings. The maximum Gasteiger partial charge on any atom is 0.252 e. The highest BCUT2D eigenvalue weighted by Gasteiger charge is 2.41. The fourth-order valence-electron chi connectivity index (χ4n) is 5.43. The van der Waals surface area contributed by atoms with Crippen LogP contribution in [0.25, 0.3) is 11.0 Å². The zero-order valence-electron chi connectivity index (χ0n) is 19.1. The highest BCUT2D eigenvalue weighted by atomic mass is 32.2. The van der Waals surface area contributed by atoms with E-state index in [0.717, 1.165) is 18.2 Å². The third-order valence-electron chi connectivity index (χ3n) is 7.46. The summed E-state index contributed by atoms with van der Waals surface area (Å²) in [7, 11) is -1.31. The summed E-state index contributed by atoms with van der Waals surface area (Å²) in [4.78, 5) is 23.8. The molecule has 2 atom stereocenters. The molecule has 1 aliphatic carbocycles. The Morgan fingerprint density at radius 2 is 1.91 bits per heavy atom. The fourth-order valence-corrected chi connectivity index (χ4v) is 7.45. The zero-order chi connectivity index (χ0) is 23.4. The van der Waals surface area contributed by atoms with Crippen molar-refractivity contribution >= 4 is 27.0 Å². The minimum atomic E-state index is -3.24. The van der Waals surface area contributed by atoms with E-state index in [0.29, 0.717) is 57.0 Å². The van der Waals surface area contributed by atoms with Gasteiger partial charge in [0.1, 0.15) is 10.9 Å². The van der Waals surface area contributed by atoms with Gasteiger partial charge >= 0.3 is 0 Å². The Morgan fingerprint density at radius 1 is 1.18 bits per heavy atom. The normalized spacial score (nSPS) is 28.3. The lowest BCUT2D eigenvalue weighted by molar-refractivity contribution is 0.0267. The summed E-state index contributed by atoms with van der Waals surface area (Å²) in [5, 5.41) is 14.6. The lowest BCUT2D eigenvalue weighted by Crippen LogP contribution is -2.58. The smallest absolute Gasteiger partial charge is 0.252 e.